The molecule has 1 aromatic rings. The SMILES string of the molecule is Cc1cccc(C(F)(F)F)c1N1CC(CCl)CC1=O. The number of para-hydroxylation sites is 1. The molecule has 1 aliphatic heterocycles. The molecule has 0 bridgehead atoms. The minimum absolute atomic E-state index is 0.0346. The molecule has 1 unspecified atom stereocenters. The summed E-state index contributed by atoms with van der Waals surface area (Å²) in [6.07, 6.45) is -4.27. The standard InChI is InChI=1S/C13H13ClF3NO/c1-8-3-2-4-10(13(15,16)17)12(8)18-7-9(6-14)5-11(18)19/h2-4,9H,5-7H2,1H3. The molecule has 1 saturated heterocycles. The minimum atomic E-state index is -4.47. The van der Waals surface area contributed by atoms with Gasteiger partial charge in [-0.3, -0.25) is 4.79 Å². The largest absolute Gasteiger partial charge is 0.418 e. The smallest absolute Gasteiger partial charge is 0.311 e. The van der Waals surface area contributed by atoms with Crippen LogP contribution in [0.1, 0.15) is 17.5 Å². The zero-order valence-corrected chi connectivity index (χ0v) is 11.1. The summed E-state index contributed by atoms with van der Waals surface area (Å²) in [4.78, 5) is 13.1. The van der Waals surface area contributed by atoms with Gasteiger partial charge in [0, 0.05) is 18.8 Å². The van der Waals surface area contributed by atoms with Crippen LogP contribution in [0.4, 0.5) is 18.9 Å². The van der Waals surface area contributed by atoms with Crippen LogP contribution in [0.2, 0.25) is 0 Å². The molecular formula is C13H13ClF3NO. The number of benzene rings is 1. The van der Waals surface area contributed by atoms with Gasteiger partial charge in [0.15, 0.2) is 0 Å². The Morgan fingerprint density at radius 1 is 1.42 bits per heavy atom. The zero-order chi connectivity index (χ0) is 14.2. The summed E-state index contributed by atoms with van der Waals surface area (Å²) in [6, 6.07) is 3.93. The molecule has 104 valence electrons. The third-order valence-electron chi connectivity index (χ3n) is 3.24. The quantitative estimate of drug-likeness (QED) is 0.762. The molecule has 1 aromatic carbocycles. The summed E-state index contributed by atoms with van der Waals surface area (Å²) >= 11 is 5.69. The van der Waals surface area contributed by atoms with Crippen LogP contribution in [0.25, 0.3) is 0 Å². The fourth-order valence-corrected chi connectivity index (χ4v) is 2.55. The number of rotatable bonds is 2. The Balaban J connectivity index is 2.48. The molecule has 1 aliphatic rings. The molecule has 0 N–H and O–H groups in total. The Morgan fingerprint density at radius 3 is 2.63 bits per heavy atom. The van der Waals surface area contributed by atoms with E-state index in [2.05, 4.69) is 0 Å². The van der Waals surface area contributed by atoms with Gasteiger partial charge in [0.2, 0.25) is 5.91 Å². The van der Waals surface area contributed by atoms with E-state index >= 15 is 0 Å². The molecule has 1 amide bonds. The lowest BCUT2D eigenvalue weighted by Crippen LogP contribution is -2.28. The first-order valence-electron chi connectivity index (χ1n) is 5.87. The lowest BCUT2D eigenvalue weighted by molar-refractivity contribution is -0.137. The summed E-state index contributed by atoms with van der Waals surface area (Å²) in [5, 5.41) is 0. The highest BCUT2D eigenvalue weighted by atomic mass is 35.5. The van der Waals surface area contributed by atoms with E-state index in [1.165, 1.54) is 11.0 Å². The third-order valence-corrected chi connectivity index (χ3v) is 3.67. The number of nitrogens with zero attached hydrogens (tertiary/aromatic N) is 1. The molecule has 6 heteroatoms. The van der Waals surface area contributed by atoms with E-state index in [-0.39, 0.29) is 36.4 Å². The topological polar surface area (TPSA) is 20.3 Å². The molecule has 1 fully saturated rings. The number of alkyl halides is 4. The first-order chi connectivity index (χ1) is 8.84. The van der Waals surface area contributed by atoms with Crippen molar-refractivity contribution in [1.29, 1.82) is 0 Å². The average molecular weight is 292 g/mol. The van der Waals surface area contributed by atoms with Gasteiger partial charge in [0.1, 0.15) is 0 Å². The number of halogens is 4. The van der Waals surface area contributed by atoms with Gasteiger partial charge < -0.3 is 4.90 Å². The second kappa shape index (κ2) is 5.04. The summed E-state index contributed by atoms with van der Waals surface area (Å²) in [5.41, 5.74) is -0.359. The third kappa shape index (κ3) is 2.71. The van der Waals surface area contributed by atoms with Gasteiger partial charge in [-0.15, -0.1) is 11.6 Å². The van der Waals surface area contributed by atoms with E-state index < -0.39 is 11.7 Å². The fraction of sp³-hybridized carbons (Fsp3) is 0.462. The average Bonchev–Trinajstić information content (AvgIpc) is 2.69. The Morgan fingerprint density at radius 2 is 2.11 bits per heavy atom. The van der Waals surface area contributed by atoms with Gasteiger partial charge >= 0.3 is 6.18 Å². The molecule has 0 spiro atoms. The molecule has 2 nitrogen and oxygen atoms in total. The van der Waals surface area contributed by atoms with Crippen molar-refractivity contribution < 1.29 is 18.0 Å². The first kappa shape index (κ1) is 14.2. The van der Waals surface area contributed by atoms with Crippen molar-refractivity contribution in [1.82, 2.24) is 0 Å². The van der Waals surface area contributed by atoms with Crippen LogP contribution in [-0.2, 0) is 11.0 Å². The molecule has 19 heavy (non-hydrogen) atoms. The second-order valence-corrected chi connectivity index (χ2v) is 5.01. The van der Waals surface area contributed by atoms with Gasteiger partial charge in [-0.2, -0.15) is 13.2 Å². The number of hydrogen-bond acceptors (Lipinski definition) is 1. The van der Waals surface area contributed by atoms with Gasteiger partial charge in [-0.25, -0.2) is 0 Å². The van der Waals surface area contributed by atoms with Crippen LogP contribution in [0.3, 0.4) is 0 Å². The normalized spacial score (nSPS) is 20.2. The van der Waals surface area contributed by atoms with Crippen molar-refractivity contribution in [3.63, 3.8) is 0 Å². The van der Waals surface area contributed by atoms with E-state index in [4.69, 9.17) is 11.6 Å². The number of aryl methyl sites for hydroxylation is 1. The Bertz CT molecular complexity index is 501. The Kier molecular flexibility index (Phi) is 3.76. The summed E-state index contributed by atoms with van der Waals surface area (Å²) in [7, 11) is 0. The maximum atomic E-state index is 13.0. The van der Waals surface area contributed by atoms with Crippen LogP contribution < -0.4 is 4.90 Å². The van der Waals surface area contributed by atoms with Gasteiger partial charge in [-0.1, -0.05) is 12.1 Å². The van der Waals surface area contributed by atoms with Crippen molar-refractivity contribution in [3.8, 4) is 0 Å². The van der Waals surface area contributed by atoms with Gasteiger partial charge in [0.25, 0.3) is 0 Å². The molecule has 1 atom stereocenters. The highest BCUT2D eigenvalue weighted by Crippen LogP contribution is 2.40. The molecule has 1 heterocycles. The number of hydrogen-bond donors (Lipinski definition) is 0. The lowest BCUT2D eigenvalue weighted by atomic mass is 10.1. The van der Waals surface area contributed by atoms with Crippen LogP contribution in [0.15, 0.2) is 18.2 Å². The van der Waals surface area contributed by atoms with E-state index in [1.54, 1.807) is 13.0 Å². The second-order valence-electron chi connectivity index (χ2n) is 4.70. The summed E-state index contributed by atoms with van der Waals surface area (Å²) in [6.45, 7) is 1.82. The summed E-state index contributed by atoms with van der Waals surface area (Å²) < 4.78 is 39.1. The molecule has 0 aliphatic carbocycles. The number of carbonyl (C=O) groups excluding carboxylic acids is 1. The van der Waals surface area contributed by atoms with Crippen LogP contribution >= 0.6 is 11.6 Å². The lowest BCUT2D eigenvalue weighted by Gasteiger charge is -2.23. The van der Waals surface area contributed by atoms with E-state index in [0.717, 1.165) is 6.07 Å². The monoisotopic (exact) mass is 291 g/mol. The molecule has 0 saturated carbocycles. The maximum absolute atomic E-state index is 13.0. The predicted molar refractivity (Wildman–Crippen MR) is 67.4 cm³/mol. The van der Waals surface area contributed by atoms with E-state index in [0.29, 0.717) is 5.56 Å². The van der Waals surface area contributed by atoms with E-state index in [9.17, 15) is 18.0 Å². The van der Waals surface area contributed by atoms with Crippen molar-refractivity contribution in [3.05, 3.63) is 29.3 Å². The van der Waals surface area contributed by atoms with Crippen molar-refractivity contribution in [2.45, 2.75) is 19.5 Å². The highest BCUT2D eigenvalue weighted by Gasteiger charge is 2.39. The molecular weight excluding hydrogens is 279 g/mol. The van der Waals surface area contributed by atoms with Crippen molar-refractivity contribution >= 4 is 23.2 Å². The van der Waals surface area contributed by atoms with Crippen molar-refractivity contribution in [2.75, 3.05) is 17.3 Å². The number of amides is 1. The van der Waals surface area contributed by atoms with Crippen LogP contribution in [0, 0.1) is 12.8 Å². The fourth-order valence-electron chi connectivity index (χ4n) is 2.35. The van der Waals surface area contributed by atoms with E-state index in [1.807, 2.05) is 0 Å². The molecule has 0 aromatic heterocycles. The predicted octanol–water partition coefficient (Wildman–Crippen LogP) is 3.61. The highest BCUT2D eigenvalue weighted by molar-refractivity contribution is 6.18. The van der Waals surface area contributed by atoms with Crippen LogP contribution in [0.5, 0.6) is 0 Å². The van der Waals surface area contributed by atoms with Crippen LogP contribution in [-0.4, -0.2) is 18.3 Å². The molecule has 0 radical (unpaired) electrons. The Hall–Kier alpha value is -1.23. The number of carbonyl (C=O) groups is 1. The maximum Gasteiger partial charge on any atom is 0.418 e. The minimum Gasteiger partial charge on any atom is -0.311 e. The first-order valence-corrected chi connectivity index (χ1v) is 6.41. The Labute approximate surface area is 114 Å². The zero-order valence-electron chi connectivity index (χ0n) is 10.3. The van der Waals surface area contributed by atoms with Crippen molar-refractivity contribution in [2.24, 2.45) is 5.92 Å². The van der Waals surface area contributed by atoms with Gasteiger partial charge in [-0.05, 0) is 24.5 Å². The van der Waals surface area contributed by atoms with Gasteiger partial charge in [0.05, 0.1) is 11.3 Å². The molecule has 2 rings (SSSR count). The summed E-state index contributed by atoms with van der Waals surface area (Å²) in [5.74, 6) is -0.115. The number of anilines is 1.